The first-order valence-corrected chi connectivity index (χ1v) is 8.50. The van der Waals surface area contributed by atoms with E-state index < -0.39 is 0 Å². The quantitative estimate of drug-likeness (QED) is 0.786. The molecule has 4 unspecified atom stereocenters. The van der Waals surface area contributed by atoms with Crippen LogP contribution in [0.25, 0.3) is 0 Å². The zero-order valence-corrected chi connectivity index (χ0v) is 14.0. The summed E-state index contributed by atoms with van der Waals surface area (Å²) in [6.45, 7) is 13.9. The molecule has 3 heteroatoms. The molecular formula is C17H34N2O. The van der Waals surface area contributed by atoms with Crippen LogP contribution in [0.3, 0.4) is 0 Å². The Hall–Kier alpha value is -0.120. The number of aliphatic hydroxyl groups excluding tert-OH is 1. The minimum Gasteiger partial charge on any atom is -0.394 e. The van der Waals surface area contributed by atoms with Crippen molar-refractivity contribution in [3.05, 3.63) is 0 Å². The number of piperidine rings is 1. The fraction of sp³-hybridized carbons (Fsp3) is 1.00. The lowest BCUT2D eigenvalue weighted by molar-refractivity contribution is 0.0201. The lowest BCUT2D eigenvalue weighted by atomic mass is 9.83. The standard InChI is InChI=1S/C17H34N2O/c1-12(2)18-17(11-20,16-6-7-16)10-19-9-13(3)8-14(4)15(19)5/h12-16,18,20H,6-11H2,1-5H3. The summed E-state index contributed by atoms with van der Waals surface area (Å²) in [5.41, 5.74) is -0.0841. The molecule has 1 saturated carbocycles. The zero-order chi connectivity index (χ0) is 14.9. The first-order chi connectivity index (χ1) is 9.38. The minimum atomic E-state index is -0.0841. The summed E-state index contributed by atoms with van der Waals surface area (Å²) in [7, 11) is 0. The molecule has 0 aromatic heterocycles. The van der Waals surface area contributed by atoms with Gasteiger partial charge in [-0.3, -0.25) is 4.90 Å². The van der Waals surface area contributed by atoms with Gasteiger partial charge in [0.25, 0.3) is 0 Å². The second-order valence-electron chi connectivity index (χ2n) is 7.88. The van der Waals surface area contributed by atoms with Gasteiger partial charge in [0.05, 0.1) is 12.1 Å². The van der Waals surface area contributed by atoms with Crippen LogP contribution in [0, 0.1) is 17.8 Å². The first-order valence-electron chi connectivity index (χ1n) is 8.50. The van der Waals surface area contributed by atoms with Crippen LogP contribution in [-0.4, -0.2) is 47.3 Å². The molecule has 0 radical (unpaired) electrons. The highest BCUT2D eigenvalue weighted by Crippen LogP contribution is 2.41. The molecule has 0 aromatic carbocycles. The Kier molecular flexibility index (Phi) is 5.14. The number of nitrogens with one attached hydrogen (secondary N) is 1. The topological polar surface area (TPSA) is 35.5 Å². The Labute approximate surface area is 125 Å². The van der Waals surface area contributed by atoms with Crippen LogP contribution in [0.1, 0.15) is 53.9 Å². The predicted octanol–water partition coefficient (Wildman–Crippen LogP) is 2.49. The molecule has 0 spiro atoms. The number of likely N-dealkylation sites (tertiary alicyclic amines) is 1. The van der Waals surface area contributed by atoms with Crippen molar-refractivity contribution in [2.75, 3.05) is 19.7 Å². The second kappa shape index (κ2) is 6.33. The molecule has 118 valence electrons. The Morgan fingerprint density at radius 3 is 2.40 bits per heavy atom. The summed E-state index contributed by atoms with van der Waals surface area (Å²) < 4.78 is 0. The zero-order valence-electron chi connectivity index (χ0n) is 14.0. The summed E-state index contributed by atoms with van der Waals surface area (Å²) in [4.78, 5) is 2.63. The Morgan fingerprint density at radius 1 is 1.25 bits per heavy atom. The van der Waals surface area contributed by atoms with Crippen LogP contribution in [0.2, 0.25) is 0 Å². The summed E-state index contributed by atoms with van der Waals surface area (Å²) >= 11 is 0. The third-order valence-electron chi connectivity index (χ3n) is 5.42. The monoisotopic (exact) mass is 282 g/mol. The van der Waals surface area contributed by atoms with Crippen LogP contribution in [0.15, 0.2) is 0 Å². The lowest BCUT2D eigenvalue weighted by Crippen LogP contribution is -2.62. The van der Waals surface area contributed by atoms with Crippen molar-refractivity contribution in [1.29, 1.82) is 0 Å². The molecule has 0 aromatic rings. The van der Waals surface area contributed by atoms with E-state index in [1.165, 1.54) is 25.8 Å². The van der Waals surface area contributed by atoms with Crippen LogP contribution >= 0.6 is 0 Å². The van der Waals surface area contributed by atoms with E-state index in [1.54, 1.807) is 0 Å². The SMILES string of the molecule is CC1CC(C)C(C)N(CC(CO)(NC(C)C)C2CC2)C1. The van der Waals surface area contributed by atoms with Crippen molar-refractivity contribution in [3.63, 3.8) is 0 Å². The number of rotatable bonds is 6. The summed E-state index contributed by atoms with van der Waals surface area (Å²) in [6, 6.07) is 1.06. The van der Waals surface area contributed by atoms with E-state index in [9.17, 15) is 5.11 Å². The van der Waals surface area contributed by atoms with Gasteiger partial charge >= 0.3 is 0 Å². The van der Waals surface area contributed by atoms with Crippen molar-refractivity contribution in [1.82, 2.24) is 10.2 Å². The number of nitrogens with zero attached hydrogens (tertiary/aromatic N) is 1. The average Bonchev–Trinajstić information content (AvgIpc) is 3.18. The fourth-order valence-electron chi connectivity index (χ4n) is 4.13. The molecule has 2 fully saturated rings. The van der Waals surface area contributed by atoms with Crippen molar-refractivity contribution in [2.45, 2.75) is 71.5 Å². The maximum atomic E-state index is 10.1. The van der Waals surface area contributed by atoms with E-state index in [1.807, 2.05) is 0 Å². The van der Waals surface area contributed by atoms with Crippen molar-refractivity contribution in [2.24, 2.45) is 17.8 Å². The van der Waals surface area contributed by atoms with Gasteiger partial charge in [-0.25, -0.2) is 0 Å². The van der Waals surface area contributed by atoms with Gasteiger partial charge in [-0.05, 0) is 43.9 Å². The average molecular weight is 282 g/mol. The van der Waals surface area contributed by atoms with Crippen LogP contribution in [0.5, 0.6) is 0 Å². The Bertz CT molecular complexity index is 316. The normalized spacial score (nSPS) is 35.2. The molecule has 1 aliphatic heterocycles. The van der Waals surface area contributed by atoms with Gasteiger partial charge in [-0.2, -0.15) is 0 Å². The third kappa shape index (κ3) is 3.55. The second-order valence-corrected chi connectivity index (χ2v) is 7.88. The molecule has 2 aliphatic rings. The molecule has 2 rings (SSSR count). The maximum Gasteiger partial charge on any atom is 0.0628 e. The molecule has 4 atom stereocenters. The summed E-state index contributed by atoms with van der Waals surface area (Å²) in [5, 5.41) is 13.8. The first kappa shape index (κ1) is 16.3. The van der Waals surface area contributed by atoms with Gasteiger partial charge in [0.15, 0.2) is 0 Å². The Morgan fingerprint density at radius 2 is 1.90 bits per heavy atom. The molecule has 3 nitrogen and oxygen atoms in total. The summed E-state index contributed by atoms with van der Waals surface area (Å²) in [5.74, 6) is 2.19. The predicted molar refractivity (Wildman–Crippen MR) is 84.8 cm³/mol. The van der Waals surface area contributed by atoms with Gasteiger partial charge in [0.1, 0.15) is 0 Å². The van der Waals surface area contributed by atoms with Crippen LogP contribution in [-0.2, 0) is 0 Å². The highest BCUT2D eigenvalue weighted by atomic mass is 16.3. The van der Waals surface area contributed by atoms with Crippen molar-refractivity contribution >= 4 is 0 Å². The molecule has 0 amide bonds. The molecule has 2 N–H and O–H groups in total. The Balaban J connectivity index is 2.10. The number of aliphatic hydroxyl groups is 1. The fourth-order valence-corrected chi connectivity index (χ4v) is 4.13. The molecule has 20 heavy (non-hydrogen) atoms. The van der Waals surface area contributed by atoms with E-state index in [-0.39, 0.29) is 12.1 Å². The number of hydrogen-bond acceptors (Lipinski definition) is 3. The third-order valence-corrected chi connectivity index (χ3v) is 5.42. The molecule has 1 aliphatic carbocycles. The van der Waals surface area contributed by atoms with Crippen molar-refractivity contribution < 1.29 is 5.11 Å². The lowest BCUT2D eigenvalue weighted by Gasteiger charge is -2.47. The van der Waals surface area contributed by atoms with E-state index >= 15 is 0 Å². The van der Waals surface area contributed by atoms with E-state index in [0.29, 0.717) is 18.0 Å². The van der Waals surface area contributed by atoms with Gasteiger partial charge < -0.3 is 10.4 Å². The van der Waals surface area contributed by atoms with Gasteiger partial charge in [0.2, 0.25) is 0 Å². The minimum absolute atomic E-state index is 0.0841. The van der Waals surface area contributed by atoms with E-state index in [0.717, 1.165) is 18.4 Å². The van der Waals surface area contributed by atoms with Gasteiger partial charge in [-0.15, -0.1) is 0 Å². The van der Waals surface area contributed by atoms with E-state index in [2.05, 4.69) is 44.8 Å². The highest BCUT2D eigenvalue weighted by molar-refractivity contribution is 5.04. The van der Waals surface area contributed by atoms with Crippen LogP contribution < -0.4 is 5.32 Å². The number of hydrogen-bond donors (Lipinski definition) is 2. The van der Waals surface area contributed by atoms with Gasteiger partial charge in [-0.1, -0.05) is 27.7 Å². The highest BCUT2D eigenvalue weighted by Gasteiger charge is 2.47. The molecule has 1 heterocycles. The largest absolute Gasteiger partial charge is 0.394 e. The van der Waals surface area contributed by atoms with Crippen molar-refractivity contribution in [3.8, 4) is 0 Å². The van der Waals surface area contributed by atoms with Gasteiger partial charge in [0, 0.05) is 25.2 Å². The smallest absolute Gasteiger partial charge is 0.0628 e. The summed E-state index contributed by atoms with van der Waals surface area (Å²) in [6.07, 6.45) is 3.88. The van der Waals surface area contributed by atoms with E-state index in [4.69, 9.17) is 0 Å². The molecule has 1 saturated heterocycles. The molecular weight excluding hydrogens is 248 g/mol. The maximum absolute atomic E-state index is 10.1. The molecule has 0 bridgehead atoms. The van der Waals surface area contributed by atoms with Crippen LogP contribution in [0.4, 0.5) is 0 Å².